The van der Waals surface area contributed by atoms with E-state index in [0.29, 0.717) is 18.1 Å². The standard InChI is InChI=1S/C17H22N6O2/c1-25-15-7-6-13(19-16(24)10-12-3-2-8-18-12)9-14(15)23-17(11-4-5-11)20-21-22-23/h6-7,9,11-12,18H,2-5,8,10H2,1H3,(H,19,24). The molecule has 1 saturated carbocycles. The maximum absolute atomic E-state index is 12.3. The number of methoxy groups -OCH3 is 1. The number of benzene rings is 1. The molecule has 1 atom stereocenters. The van der Waals surface area contributed by atoms with E-state index in [1.165, 1.54) is 0 Å². The van der Waals surface area contributed by atoms with Gasteiger partial charge >= 0.3 is 0 Å². The van der Waals surface area contributed by atoms with E-state index in [1.54, 1.807) is 11.8 Å². The van der Waals surface area contributed by atoms with Crippen molar-refractivity contribution in [1.29, 1.82) is 0 Å². The predicted octanol–water partition coefficient (Wildman–Crippen LogP) is 1.63. The molecule has 1 aliphatic heterocycles. The number of hydrogen-bond acceptors (Lipinski definition) is 6. The molecule has 8 heteroatoms. The smallest absolute Gasteiger partial charge is 0.225 e. The van der Waals surface area contributed by atoms with Crippen LogP contribution in [0, 0.1) is 0 Å². The average molecular weight is 342 g/mol. The lowest BCUT2D eigenvalue weighted by molar-refractivity contribution is -0.116. The quantitative estimate of drug-likeness (QED) is 0.829. The minimum absolute atomic E-state index is 0.00893. The van der Waals surface area contributed by atoms with Crippen LogP contribution in [-0.2, 0) is 4.79 Å². The second-order valence-corrected chi connectivity index (χ2v) is 6.66. The summed E-state index contributed by atoms with van der Waals surface area (Å²) in [6.45, 7) is 0.994. The van der Waals surface area contributed by atoms with E-state index in [-0.39, 0.29) is 11.9 Å². The van der Waals surface area contributed by atoms with Crippen molar-refractivity contribution < 1.29 is 9.53 Å². The van der Waals surface area contributed by atoms with E-state index in [4.69, 9.17) is 4.74 Å². The Morgan fingerprint density at radius 1 is 1.40 bits per heavy atom. The summed E-state index contributed by atoms with van der Waals surface area (Å²) in [4.78, 5) is 12.3. The van der Waals surface area contributed by atoms with Gasteiger partial charge in [0.05, 0.1) is 7.11 Å². The number of amides is 1. The van der Waals surface area contributed by atoms with E-state index < -0.39 is 0 Å². The first-order chi connectivity index (χ1) is 12.2. The molecule has 0 bridgehead atoms. The Hall–Kier alpha value is -2.48. The molecule has 1 aromatic heterocycles. The van der Waals surface area contributed by atoms with Crippen molar-refractivity contribution in [2.45, 2.75) is 44.1 Å². The number of carbonyl (C=O) groups is 1. The average Bonchev–Trinajstić information content (AvgIpc) is 3.12. The highest BCUT2D eigenvalue weighted by molar-refractivity contribution is 5.91. The van der Waals surface area contributed by atoms with E-state index in [9.17, 15) is 4.79 Å². The summed E-state index contributed by atoms with van der Waals surface area (Å²) in [7, 11) is 1.62. The summed E-state index contributed by atoms with van der Waals surface area (Å²) in [5, 5.41) is 18.4. The van der Waals surface area contributed by atoms with Gasteiger partial charge in [0, 0.05) is 24.1 Å². The van der Waals surface area contributed by atoms with Gasteiger partial charge in [0.25, 0.3) is 0 Å². The molecule has 132 valence electrons. The summed E-state index contributed by atoms with van der Waals surface area (Å²) >= 11 is 0. The molecular weight excluding hydrogens is 320 g/mol. The van der Waals surface area contributed by atoms with E-state index in [0.717, 1.165) is 49.4 Å². The lowest BCUT2D eigenvalue weighted by Crippen LogP contribution is -2.27. The van der Waals surface area contributed by atoms with Gasteiger partial charge < -0.3 is 15.4 Å². The minimum Gasteiger partial charge on any atom is -0.494 e. The Labute approximate surface area is 145 Å². The Balaban J connectivity index is 1.55. The van der Waals surface area contributed by atoms with Crippen LogP contribution in [-0.4, -0.2) is 45.8 Å². The molecule has 1 saturated heterocycles. The third kappa shape index (κ3) is 3.48. The molecule has 25 heavy (non-hydrogen) atoms. The van der Waals surface area contributed by atoms with Gasteiger partial charge in [-0.3, -0.25) is 4.79 Å². The van der Waals surface area contributed by atoms with E-state index in [2.05, 4.69) is 26.2 Å². The highest BCUT2D eigenvalue weighted by Crippen LogP contribution is 2.40. The highest BCUT2D eigenvalue weighted by atomic mass is 16.5. The van der Waals surface area contributed by atoms with Crippen LogP contribution in [0.15, 0.2) is 18.2 Å². The van der Waals surface area contributed by atoms with Crippen LogP contribution in [0.3, 0.4) is 0 Å². The Morgan fingerprint density at radius 2 is 2.28 bits per heavy atom. The summed E-state index contributed by atoms with van der Waals surface area (Å²) in [5.74, 6) is 1.93. The lowest BCUT2D eigenvalue weighted by Gasteiger charge is -2.14. The summed E-state index contributed by atoms with van der Waals surface area (Å²) in [5.41, 5.74) is 1.46. The molecule has 1 aromatic carbocycles. The lowest BCUT2D eigenvalue weighted by atomic mass is 10.1. The van der Waals surface area contributed by atoms with Crippen molar-refractivity contribution in [2.24, 2.45) is 0 Å². The Bertz CT molecular complexity index is 764. The van der Waals surface area contributed by atoms with Crippen molar-refractivity contribution in [2.75, 3.05) is 19.0 Å². The SMILES string of the molecule is COc1ccc(NC(=O)CC2CCCN2)cc1-n1nnnc1C1CC1. The molecule has 4 rings (SSSR count). The van der Waals surface area contributed by atoms with E-state index >= 15 is 0 Å². The number of tetrazole rings is 1. The molecule has 8 nitrogen and oxygen atoms in total. The zero-order valence-electron chi connectivity index (χ0n) is 14.2. The van der Waals surface area contributed by atoms with Crippen molar-refractivity contribution in [1.82, 2.24) is 25.5 Å². The van der Waals surface area contributed by atoms with Gasteiger partial charge in [-0.2, -0.15) is 4.68 Å². The number of nitrogens with one attached hydrogen (secondary N) is 2. The molecule has 2 N–H and O–H groups in total. The van der Waals surface area contributed by atoms with Crippen molar-refractivity contribution in [3.8, 4) is 11.4 Å². The van der Waals surface area contributed by atoms with Gasteiger partial charge in [-0.1, -0.05) is 0 Å². The fraction of sp³-hybridized carbons (Fsp3) is 0.529. The van der Waals surface area contributed by atoms with Gasteiger partial charge in [-0.15, -0.1) is 5.10 Å². The number of rotatable bonds is 6. The van der Waals surface area contributed by atoms with Crippen LogP contribution in [0.4, 0.5) is 5.69 Å². The summed E-state index contributed by atoms with van der Waals surface area (Å²) in [6, 6.07) is 5.81. The third-order valence-corrected chi connectivity index (χ3v) is 4.72. The molecule has 1 unspecified atom stereocenters. The minimum atomic E-state index is 0.00893. The summed E-state index contributed by atoms with van der Waals surface area (Å²) in [6.07, 6.45) is 4.88. The van der Waals surface area contributed by atoms with Crippen LogP contribution in [0.2, 0.25) is 0 Å². The highest BCUT2D eigenvalue weighted by Gasteiger charge is 2.30. The van der Waals surface area contributed by atoms with Gasteiger partial charge in [0.15, 0.2) is 5.82 Å². The number of ether oxygens (including phenoxy) is 1. The molecule has 2 heterocycles. The van der Waals surface area contributed by atoms with Gasteiger partial charge in [-0.25, -0.2) is 0 Å². The number of aromatic nitrogens is 4. The van der Waals surface area contributed by atoms with Crippen LogP contribution >= 0.6 is 0 Å². The van der Waals surface area contributed by atoms with Crippen molar-refractivity contribution in [3.63, 3.8) is 0 Å². The fourth-order valence-corrected chi connectivity index (χ4v) is 3.26. The molecule has 2 fully saturated rings. The number of carbonyl (C=O) groups excluding carboxylic acids is 1. The fourth-order valence-electron chi connectivity index (χ4n) is 3.26. The first-order valence-corrected chi connectivity index (χ1v) is 8.74. The first-order valence-electron chi connectivity index (χ1n) is 8.74. The molecule has 1 amide bonds. The first kappa shape index (κ1) is 16.0. The van der Waals surface area contributed by atoms with Crippen LogP contribution in [0.1, 0.15) is 43.8 Å². The zero-order valence-corrected chi connectivity index (χ0v) is 14.2. The maximum atomic E-state index is 12.3. The van der Waals surface area contributed by atoms with Gasteiger partial charge in [0.1, 0.15) is 11.4 Å². The van der Waals surface area contributed by atoms with E-state index in [1.807, 2.05) is 18.2 Å². The number of nitrogens with zero attached hydrogens (tertiary/aromatic N) is 4. The monoisotopic (exact) mass is 342 g/mol. The second-order valence-electron chi connectivity index (χ2n) is 6.66. The van der Waals surface area contributed by atoms with Gasteiger partial charge in [0.2, 0.25) is 5.91 Å². The summed E-state index contributed by atoms with van der Waals surface area (Å²) < 4.78 is 7.17. The normalized spacial score (nSPS) is 19.8. The Kier molecular flexibility index (Phi) is 4.35. The number of hydrogen-bond donors (Lipinski definition) is 2. The van der Waals surface area contributed by atoms with Crippen molar-refractivity contribution >= 4 is 11.6 Å². The number of anilines is 1. The Morgan fingerprint density at radius 3 is 3.00 bits per heavy atom. The molecular formula is C17H22N6O2. The molecule has 2 aliphatic rings. The molecule has 1 aliphatic carbocycles. The zero-order chi connectivity index (χ0) is 17.2. The largest absolute Gasteiger partial charge is 0.494 e. The molecule has 0 radical (unpaired) electrons. The van der Waals surface area contributed by atoms with Crippen LogP contribution in [0.5, 0.6) is 5.75 Å². The molecule has 0 spiro atoms. The van der Waals surface area contributed by atoms with Gasteiger partial charge in [-0.05, 0) is 60.9 Å². The third-order valence-electron chi connectivity index (χ3n) is 4.72. The van der Waals surface area contributed by atoms with Crippen molar-refractivity contribution in [3.05, 3.63) is 24.0 Å². The van der Waals surface area contributed by atoms with Crippen LogP contribution in [0.25, 0.3) is 5.69 Å². The van der Waals surface area contributed by atoms with Crippen LogP contribution < -0.4 is 15.4 Å². The molecule has 2 aromatic rings. The maximum Gasteiger partial charge on any atom is 0.225 e. The second kappa shape index (κ2) is 6.79. The predicted molar refractivity (Wildman–Crippen MR) is 92.0 cm³/mol. The topological polar surface area (TPSA) is 94.0 Å².